The second kappa shape index (κ2) is 8.06. The molecule has 0 amide bonds. The van der Waals surface area contributed by atoms with E-state index in [0.717, 1.165) is 0 Å². The Morgan fingerprint density at radius 3 is 2.43 bits per heavy atom. The fraction of sp³-hybridized carbons (Fsp3) is 0.857. The summed E-state index contributed by atoms with van der Waals surface area (Å²) in [5, 5.41) is 18.3. The quantitative estimate of drug-likeness (QED) is 0.685. The van der Waals surface area contributed by atoms with Crippen LogP contribution in [0.1, 0.15) is 26.7 Å². The normalized spacial score (nSPS) is 20.1. The second-order valence-corrected chi connectivity index (χ2v) is 7.83. The monoisotopic (exact) mass is 347 g/mol. The minimum Gasteiger partial charge on any atom is -0.481 e. The molecule has 1 aliphatic heterocycles. The molecule has 0 aromatic heterocycles. The highest BCUT2D eigenvalue weighted by molar-refractivity contribution is 7.86. The van der Waals surface area contributed by atoms with Crippen molar-refractivity contribution in [1.29, 1.82) is 5.26 Å². The predicted molar refractivity (Wildman–Crippen MR) is 83.7 cm³/mol. The molecule has 1 fully saturated rings. The maximum Gasteiger partial charge on any atom is 0.312 e. The van der Waals surface area contributed by atoms with E-state index in [-0.39, 0.29) is 45.6 Å². The summed E-state index contributed by atoms with van der Waals surface area (Å²) in [6.45, 7) is 4.13. The molecule has 9 heteroatoms. The van der Waals surface area contributed by atoms with Crippen LogP contribution < -0.4 is 0 Å². The molecule has 1 N–H and O–H groups in total. The molecule has 23 heavy (non-hydrogen) atoms. The summed E-state index contributed by atoms with van der Waals surface area (Å²) in [4.78, 5) is 11.5. The van der Waals surface area contributed by atoms with Gasteiger partial charge in [-0.3, -0.25) is 4.79 Å². The Morgan fingerprint density at radius 1 is 1.48 bits per heavy atom. The molecule has 0 aromatic rings. The van der Waals surface area contributed by atoms with Crippen molar-refractivity contribution in [3.05, 3.63) is 0 Å². The maximum absolute atomic E-state index is 12.7. The minimum absolute atomic E-state index is 0.0686. The average Bonchev–Trinajstić information content (AvgIpc) is 2.52. The van der Waals surface area contributed by atoms with E-state index in [9.17, 15) is 18.3 Å². The Balaban J connectivity index is 2.85. The highest BCUT2D eigenvalue weighted by Crippen LogP contribution is 2.33. The molecule has 8 nitrogen and oxygen atoms in total. The molecule has 0 saturated carbocycles. The Hall–Kier alpha value is -1.21. The number of hydrogen-bond donors (Lipinski definition) is 1. The van der Waals surface area contributed by atoms with Crippen LogP contribution >= 0.6 is 0 Å². The zero-order chi connectivity index (χ0) is 17.7. The van der Waals surface area contributed by atoms with Gasteiger partial charge in [0.05, 0.1) is 24.0 Å². The summed E-state index contributed by atoms with van der Waals surface area (Å²) < 4.78 is 32.9. The van der Waals surface area contributed by atoms with Gasteiger partial charge < -0.3 is 9.84 Å². The van der Waals surface area contributed by atoms with Crippen molar-refractivity contribution in [1.82, 2.24) is 8.61 Å². The van der Waals surface area contributed by atoms with Crippen molar-refractivity contribution >= 4 is 16.2 Å². The van der Waals surface area contributed by atoms with Gasteiger partial charge in [-0.25, -0.2) is 0 Å². The molecule has 1 aliphatic rings. The van der Waals surface area contributed by atoms with Crippen LogP contribution in [0.3, 0.4) is 0 Å². The lowest BCUT2D eigenvalue weighted by Crippen LogP contribution is -2.52. The predicted octanol–water partition coefficient (Wildman–Crippen LogP) is 0.526. The molecule has 132 valence electrons. The second-order valence-electron chi connectivity index (χ2n) is 5.91. The third-order valence-corrected chi connectivity index (χ3v) is 6.33. The molecular weight excluding hydrogens is 322 g/mol. The number of ether oxygens (including phenoxy) is 1. The molecule has 0 aromatic carbocycles. The van der Waals surface area contributed by atoms with E-state index >= 15 is 0 Å². The number of carboxylic acid groups (broad SMARTS) is 1. The Morgan fingerprint density at radius 2 is 2.04 bits per heavy atom. The van der Waals surface area contributed by atoms with Crippen LogP contribution in [0.5, 0.6) is 0 Å². The van der Waals surface area contributed by atoms with Gasteiger partial charge in [0.25, 0.3) is 10.2 Å². The van der Waals surface area contributed by atoms with Crippen molar-refractivity contribution in [3.8, 4) is 6.07 Å². The SMILES string of the molecule is CCN(CC(C)C#N)S(=O)(=O)N1CCC(COC)(C(=O)O)CC1. The number of carbonyl (C=O) groups is 1. The molecule has 1 saturated heterocycles. The number of rotatable bonds is 8. The maximum atomic E-state index is 12.7. The lowest BCUT2D eigenvalue weighted by atomic mass is 9.80. The largest absolute Gasteiger partial charge is 0.481 e. The van der Waals surface area contributed by atoms with E-state index < -0.39 is 27.5 Å². The highest BCUT2D eigenvalue weighted by Gasteiger charge is 2.44. The van der Waals surface area contributed by atoms with Gasteiger partial charge in [-0.05, 0) is 19.8 Å². The first-order chi connectivity index (χ1) is 10.7. The van der Waals surface area contributed by atoms with Crippen LogP contribution in [0.2, 0.25) is 0 Å². The molecule has 0 aliphatic carbocycles. The van der Waals surface area contributed by atoms with Crippen molar-refractivity contribution in [3.63, 3.8) is 0 Å². The standard InChI is InChI=1S/C14H25N3O5S/c1-4-16(10-12(2)9-15)23(20,21)17-7-5-14(6-8-17,11-22-3)13(18)19/h12H,4-8,10-11H2,1-3H3,(H,18,19). The van der Waals surface area contributed by atoms with Gasteiger partial charge in [0.2, 0.25) is 0 Å². The first kappa shape index (κ1) is 19.8. The van der Waals surface area contributed by atoms with Crippen molar-refractivity contribution in [2.45, 2.75) is 26.7 Å². The van der Waals surface area contributed by atoms with Crippen molar-refractivity contribution in [2.24, 2.45) is 11.3 Å². The molecule has 1 unspecified atom stereocenters. The summed E-state index contributed by atoms with van der Waals surface area (Å²) in [5.74, 6) is -1.36. The van der Waals surface area contributed by atoms with Gasteiger partial charge in [-0.2, -0.15) is 22.3 Å². The van der Waals surface area contributed by atoms with E-state index in [1.807, 2.05) is 6.07 Å². The fourth-order valence-electron chi connectivity index (χ4n) is 2.74. The van der Waals surface area contributed by atoms with Gasteiger partial charge in [0.15, 0.2) is 0 Å². The van der Waals surface area contributed by atoms with E-state index in [2.05, 4.69) is 0 Å². The van der Waals surface area contributed by atoms with Crippen LogP contribution in [0.15, 0.2) is 0 Å². The molecule has 1 rings (SSSR count). The lowest BCUT2D eigenvalue weighted by molar-refractivity contribution is -0.155. The topological polar surface area (TPSA) is 111 Å². The number of nitrogens with zero attached hydrogens (tertiary/aromatic N) is 3. The lowest BCUT2D eigenvalue weighted by Gasteiger charge is -2.39. The summed E-state index contributed by atoms with van der Waals surface area (Å²) in [5.41, 5.74) is -1.03. The van der Waals surface area contributed by atoms with Gasteiger partial charge in [-0.15, -0.1) is 0 Å². The van der Waals surface area contributed by atoms with E-state index in [0.29, 0.717) is 0 Å². The zero-order valence-corrected chi connectivity index (χ0v) is 14.7. The molecule has 0 radical (unpaired) electrons. The highest BCUT2D eigenvalue weighted by atomic mass is 32.2. The molecular formula is C14H25N3O5S. The number of nitriles is 1. The van der Waals surface area contributed by atoms with Crippen LogP contribution in [-0.4, -0.2) is 68.0 Å². The van der Waals surface area contributed by atoms with Gasteiger partial charge in [0, 0.05) is 33.3 Å². The summed E-state index contributed by atoms with van der Waals surface area (Å²) >= 11 is 0. The van der Waals surface area contributed by atoms with Gasteiger partial charge in [-0.1, -0.05) is 6.92 Å². The van der Waals surface area contributed by atoms with Crippen LogP contribution in [0.25, 0.3) is 0 Å². The number of hydrogen-bond acceptors (Lipinski definition) is 5. The summed E-state index contributed by atoms with van der Waals surface area (Å²) in [7, 11) is -2.25. The molecule has 1 heterocycles. The first-order valence-electron chi connectivity index (χ1n) is 7.60. The van der Waals surface area contributed by atoms with E-state index in [1.54, 1.807) is 13.8 Å². The Bertz CT molecular complexity index is 549. The molecule has 1 atom stereocenters. The number of aliphatic carboxylic acids is 1. The van der Waals surface area contributed by atoms with Gasteiger partial charge >= 0.3 is 5.97 Å². The third kappa shape index (κ3) is 4.41. The van der Waals surface area contributed by atoms with E-state index in [1.165, 1.54) is 15.7 Å². The van der Waals surface area contributed by atoms with Crippen molar-refractivity contribution < 1.29 is 23.1 Å². The van der Waals surface area contributed by atoms with E-state index in [4.69, 9.17) is 10.00 Å². The Kier molecular flexibility index (Phi) is 6.95. The minimum atomic E-state index is -3.69. The number of piperidine rings is 1. The fourth-order valence-corrected chi connectivity index (χ4v) is 4.45. The summed E-state index contributed by atoms with van der Waals surface area (Å²) in [6, 6.07) is 2.03. The molecule has 0 spiro atoms. The average molecular weight is 347 g/mol. The zero-order valence-electron chi connectivity index (χ0n) is 13.9. The number of carboxylic acids is 1. The van der Waals surface area contributed by atoms with Crippen molar-refractivity contribution in [2.75, 3.05) is 39.9 Å². The third-order valence-electron chi connectivity index (χ3n) is 4.26. The van der Waals surface area contributed by atoms with Crippen LogP contribution in [0.4, 0.5) is 0 Å². The Labute approximate surface area is 137 Å². The first-order valence-corrected chi connectivity index (χ1v) is 9.00. The van der Waals surface area contributed by atoms with Crippen LogP contribution in [0, 0.1) is 22.7 Å². The molecule has 0 bridgehead atoms. The summed E-state index contributed by atoms with van der Waals surface area (Å²) in [6.07, 6.45) is 0.418. The smallest absolute Gasteiger partial charge is 0.312 e. The number of methoxy groups -OCH3 is 1. The van der Waals surface area contributed by atoms with Crippen LogP contribution in [-0.2, 0) is 19.7 Å². The van der Waals surface area contributed by atoms with Gasteiger partial charge in [0.1, 0.15) is 0 Å².